The van der Waals surface area contributed by atoms with Crippen LogP contribution in [0.1, 0.15) is 11.3 Å². The molecule has 2 aromatic rings. The lowest BCUT2D eigenvalue weighted by atomic mass is 10.1. The SMILES string of the molecule is CN1CCc2cc(-c3ncc(CO)[nH]3)ccc21. The fourth-order valence-electron chi connectivity index (χ4n) is 2.30. The Bertz CT molecular complexity index is 547. The number of nitrogens with zero attached hydrogens (tertiary/aromatic N) is 2. The molecule has 0 amide bonds. The zero-order valence-electron chi connectivity index (χ0n) is 9.77. The lowest BCUT2D eigenvalue weighted by molar-refractivity contribution is 0.277. The molecular formula is C13H15N3O. The van der Waals surface area contributed by atoms with Crippen molar-refractivity contribution in [2.24, 2.45) is 0 Å². The monoisotopic (exact) mass is 229 g/mol. The van der Waals surface area contributed by atoms with E-state index in [-0.39, 0.29) is 6.61 Å². The maximum absolute atomic E-state index is 9.01. The number of H-pyrrole nitrogens is 1. The van der Waals surface area contributed by atoms with Gasteiger partial charge in [0.1, 0.15) is 5.82 Å². The quantitative estimate of drug-likeness (QED) is 0.821. The van der Waals surface area contributed by atoms with Gasteiger partial charge in [0, 0.05) is 24.8 Å². The van der Waals surface area contributed by atoms with E-state index in [4.69, 9.17) is 5.11 Å². The number of aliphatic hydroxyl groups excluding tert-OH is 1. The average molecular weight is 229 g/mol. The molecule has 1 aromatic heterocycles. The molecule has 1 aliphatic heterocycles. The summed E-state index contributed by atoms with van der Waals surface area (Å²) in [6, 6.07) is 6.39. The first-order valence-electron chi connectivity index (χ1n) is 5.77. The van der Waals surface area contributed by atoms with Crippen molar-refractivity contribution >= 4 is 5.69 Å². The lowest BCUT2D eigenvalue weighted by Gasteiger charge is -2.11. The van der Waals surface area contributed by atoms with Crippen molar-refractivity contribution in [2.75, 3.05) is 18.5 Å². The van der Waals surface area contributed by atoms with Crippen LogP contribution in [0.5, 0.6) is 0 Å². The molecule has 4 heteroatoms. The van der Waals surface area contributed by atoms with Crippen molar-refractivity contribution in [3.63, 3.8) is 0 Å². The number of aliphatic hydroxyl groups is 1. The summed E-state index contributed by atoms with van der Waals surface area (Å²) in [5.74, 6) is 0.825. The number of benzene rings is 1. The molecule has 1 aromatic carbocycles. The standard InChI is InChI=1S/C13H15N3O/c1-16-5-4-9-6-10(2-3-12(9)16)13-14-7-11(8-17)15-13/h2-3,6-7,17H,4-5,8H2,1H3,(H,14,15). The summed E-state index contributed by atoms with van der Waals surface area (Å²) in [5, 5.41) is 9.01. The van der Waals surface area contributed by atoms with Crippen molar-refractivity contribution in [2.45, 2.75) is 13.0 Å². The number of fused-ring (bicyclic) bond motifs is 1. The van der Waals surface area contributed by atoms with E-state index in [0.717, 1.165) is 30.0 Å². The Morgan fingerprint density at radius 3 is 3.12 bits per heavy atom. The van der Waals surface area contributed by atoms with Gasteiger partial charge < -0.3 is 15.0 Å². The highest BCUT2D eigenvalue weighted by atomic mass is 16.3. The topological polar surface area (TPSA) is 52.1 Å². The molecule has 3 rings (SSSR count). The van der Waals surface area contributed by atoms with Crippen LogP contribution < -0.4 is 4.90 Å². The Kier molecular flexibility index (Phi) is 2.37. The number of likely N-dealkylation sites (N-methyl/N-ethyl adjacent to an activating group) is 1. The van der Waals surface area contributed by atoms with Crippen LogP contribution in [0.4, 0.5) is 5.69 Å². The summed E-state index contributed by atoms with van der Waals surface area (Å²) < 4.78 is 0. The molecule has 0 saturated heterocycles. The molecule has 0 atom stereocenters. The van der Waals surface area contributed by atoms with Crippen molar-refractivity contribution < 1.29 is 5.11 Å². The zero-order valence-corrected chi connectivity index (χ0v) is 9.77. The molecule has 2 heterocycles. The van der Waals surface area contributed by atoms with Crippen LogP contribution in [-0.2, 0) is 13.0 Å². The van der Waals surface area contributed by atoms with E-state index >= 15 is 0 Å². The summed E-state index contributed by atoms with van der Waals surface area (Å²) in [7, 11) is 2.11. The third-order valence-corrected chi connectivity index (χ3v) is 3.28. The first-order chi connectivity index (χ1) is 8.28. The van der Waals surface area contributed by atoms with Crippen LogP contribution in [0.2, 0.25) is 0 Å². The third-order valence-electron chi connectivity index (χ3n) is 3.28. The summed E-state index contributed by atoms with van der Waals surface area (Å²) >= 11 is 0. The smallest absolute Gasteiger partial charge is 0.137 e. The van der Waals surface area contributed by atoms with Gasteiger partial charge in [0.25, 0.3) is 0 Å². The number of anilines is 1. The Morgan fingerprint density at radius 1 is 1.47 bits per heavy atom. The summed E-state index contributed by atoms with van der Waals surface area (Å²) in [6.07, 6.45) is 2.77. The number of aromatic amines is 1. The van der Waals surface area contributed by atoms with E-state index in [0.29, 0.717) is 0 Å². The normalized spacial score (nSPS) is 14.1. The van der Waals surface area contributed by atoms with Crippen molar-refractivity contribution in [1.29, 1.82) is 0 Å². The first-order valence-corrected chi connectivity index (χ1v) is 5.77. The van der Waals surface area contributed by atoms with Gasteiger partial charge in [-0.1, -0.05) is 0 Å². The Hall–Kier alpha value is -1.81. The van der Waals surface area contributed by atoms with Crippen LogP contribution in [0.25, 0.3) is 11.4 Å². The second-order valence-corrected chi connectivity index (χ2v) is 4.43. The van der Waals surface area contributed by atoms with Gasteiger partial charge in [-0.05, 0) is 30.2 Å². The minimum atomic E-state index is 0.000673. The molecule has 0 bridgehead atoms. The number of rotatable bonds is 2. The highest BCUT2D eigenvalue weighted by Crippen LogP contribution is 2.30. The molecule has 2 N–H and O–H groups in total. The zero-order chi connectivity index (χ0) is 11.8. The lowest BCUT2D eigenvalue weighted by Crippen LogP contribution is -2.12. The fourth-order valence-corrected chi connectivity index (χ4v) is 2.30. The first kappa shape index (κ1) is 10.4. The summed E-state index contributed by atoms with van der Waals surface area (Å²) in [6.45, 7) is 1.08. The second-order valence-electron chi connectivity index (χ2n) is 4.43. The highest BCUT2D eigenvalue weighted by Gasteiger charge is 2.16. The molecule has 0 aliphatic carbocycles. The van der Waals surface area contributed by atoms with Gasteiger partial charge in [-0.2, -0.15) is 0 Å². The largest absolute Gasteiger partial charge is 0.390 e. The van der Waals surface area contributed by atoms with Crippen LogP contribution in [0.3, 0.4) is 0 Å². The van der Waals surface area contributed by atoms with Crippen molar-refractivity contribution in [1.82, 2.24) is 9.97 Å². The molecule has 17 heavy (non-hydrogen) atoms. The maximum Gasteiger partial charge on any atom is 0.137 e. The average Bonchev–Trinajstić information content (AvgIpc) is 2.96. The number of hydrogen-bond donors (Lipinski definition) is 2. The maximum atomic E-state index is 9.01. The minimum absolute atomic E-state index is 0.000673. The van der Waals surface area contributed by atoms with Gasteiger partial charge in [0.15, 0.2) is 0 Å². The Labute approximate surface area is 99.9 Å². The van der Waals surface area contributed by atoms with Crippen LogP contribution >= 0.6 is 0 Å². The predicted octanol–water partition coefficient (Wildman–Crippen LogP) is 1.56. The molecule has 1 aliphatic rings. The van der Waals surface area contributed by atoms with E-state index < -0.39 is 0 Å². The van der Waals surface area contributed by atoms with E-state index in [1.54, 1.807) is 6.20 Å². The van der Waals surface area contributed by atoms with E-state index in [1.807, 2.05) is 0 Å². The highest BCUT2D eigenvalue weighted by molar-refractivity contribution is 5.66. The molecule has 0 radical (unpaired) electrons. The number of hydrogen-bond acceptors (Lipinski definition) is 3. The molecule has 88 valence electrons. The van der Waals surface area contributed by atoms with Crippen molar-refractivity contribution in [3.05, 3.63) is 35.7 Å². The van der Waals surface area contributed by atoms with Gasteiger partial charge >= 0.3 is 0 Å². The van der Waals surface area contributed by atoms with Crippen LogP contribution in [-0.4, -0.2) is 28.7 Å². The van der Waals surface area contributed by atoms with Gasteiger partial charge in [-0.15, -0.1) is 0 Å². The number of imidazole rings is 1. The molecule has 0 spiro atoms. The second kappa shape index (κ2) is 3.89. The van der Waals surface area contributed by atoms with Gasteiger partial charge in [0.2, 0.25) is 0 Å². The predicted molar refractivity (Wildman–Crippen MR) is 66.9 cm³/mol. The molecular weight excluding hydrogens is 214 g/mol. The number of nitrogens with one attached hydrogen (secondary N) is 1. The molecule has 0 saturated carbocycles. The summed E-state index contributed by atoms with van der Waals surface area (Å²) in [5.41, 5.74) is 4.51. The molecule has 4 nitrogen and oxygen atoms in total. The molecule has 0 unspecified atom stereocenters. The number of aromatic nitrogens is 2. The van der Waals surface area contributed by atoms with Gasteiger partial charge in [0.05, 0.1) is 18.5 Å². The van der Waals surface area contributed by atoms with Crippen LogP contribution in [0, 0.1) is 0 Å². The third kappa shape index (κ3) is 1.70. The van der Waals surface area contributed by atoms with Crippen LogP contribution in [0.15, 0.2) is 24.4 Å². The fraction of sp³-hybridized carbons (Fsp3) is 0.308. The van der Waals surface area contributed by atoms with Gasteiger partial charge in [-0.3, -0.25) is 0 Å². The Morgan fingerprint density at radius 2 is 2.35 bits per heavy atom. The molecule has 0 fully saturated rings. The van der Waals surface area contributed by atoms with E-state index in [9.17, 15) is 0 Å². The minimum Gasteiger partial charge on any atom is -0.390 e. The van der Waals surface area contributed by atoms with E-state index in [2.05, 4.69) is 40.1 Å². The van der Waals surface area contributed by atoms with E-state index in [1.165, 1.54) is 11.3 Å². The summed E-state index contributed by atoms with van der Waals surface area (Å²) in [4.78, 5) is 9.64. The van der Waals surface area contributed by atoms with Gasteiger partial charge in [-0.25, -0.2) is 4.98 Å². The van der Waals surface area contributed by atoms with Crippen molar-refractivity contribution in [3.8, 4) is 11.4 Å². The Balaban J connectivity index is 1.99.